The molecule has 1 saturated heterocycles. The molecule has 7 heteroatoms. The second-order valence-electron chi connectivity index (χ2n) is 7.17. The van der Waals surface area contributed by atoms with Gasteiger partial charge in [0, 0.05) is 25.2 Å². The fraction of sp³-hybridized carbons (Fsp3) is 0.273. The molecule has 0 aliphatic carbocycles. The number of nitrogens with zero attached hydrogens (tertiary/aromatic N) is 2. The van der Waals surface area contributed by atoms with Gasteiger partial charge in [0.2, 0.25) is 5.91 Å². The minimum absolute atomic E-state index is 0.000804. The van der Waals surface area contributed by atoms with E-state index < -0.39 is 0 Å². The Kier molecular flexibility index (Phi) is 5.46. The smallest absolute Gasteiger partial charge is 0.224 e. The summed E-state index contributed by atoms with van der Waals surface area (Å²) in [6.45, 7) is 1.52. The van der Waals surface area contributed by atoms with Gasteiger partial charge in [-0.05, 0) is 53.9 Å². The van der Waals surface area contributed by atoms with Crippen LogP contribution in [0.5, 0.6) is 5.75 Å². The lowest BCUT2D eigenvalue weighted by atomic mass is 10.1. The maximum absolute atomic E-state index is 13.1. The van der Waals surface area contributed by atoms with Crippen LogP contribution in [0.2, 0.25) is 0 Å². The van der Waals surface area contributed by atoms with E-state index in [2.05, 4.69) is 20.4 Å². The number of methoxy groups -OCH3 is 1. The zero-order valence-corrected chi connectivity index (χ0v) is 16.2. The molecule has 1 aromatic heterocycles. The van der Waals surface area contributed by atoms with Crippen LogP contribution in [0.15, 0.2) is 54.6 Å². The van der Waals surface area contributed by atoms with Crippen molar-refractivity contribution in [3.05, 3.63) is 66.0 Å². The Morgan fingerprint density at radius 2 is 2.10 bits per heavy atom. The molecule has 0 saturated carbocycles. The average Bonchev–Trinajstić information content (AvgIpc) is 3.38. The van der Waals surface area contributed by atoms with E-state index in [1.165, 1.54) is 12.1 Å². The minimum atomic E-state index is -0.263. The lowest BCUT2D eigenvalue weighted by Gasteiger charge is -2.16. The van der Waals surface area contributed by atoms with Gasteiger partial charge in [-0.1, -0.05) is 12.1 Å². The zero-order chi connectivity index (χ0) is 20.2. The first-order valence-corrected chi connectivity index (χ1v) is 9.59. The van der Waals surface area contributed by atoms with Crippen molar-refractivity contribution in [3.63, 3.8) is 0 Å². The third-order valence-corrected chi connectivity index (χ3v) is 5.10. The van der Waals surface area contributed by atoms with E-state index >= 15 is 0 Å². The number of aromatic amines is 1. The van der Waals surface area contributed by atoms with E-state index in [0.29, 0.717) is 13.0 Å². The standard InChI is InChI=1S/C22H23FN4O2/c1-29-19-4-2-3-15(11-19)12-22(28)24-18-9-10-27(14-18)21-13-20(25-26-21)16-5-7-17(23)8-6-16/h2-8,11,13,18H,9-10,12,14H2,1H3,(H,24,28)(H,25,26)/t18-/m1/s1. The van der Waals surface area contributed by atoms with E-state index in [0.717, 1.165) is 41.4 Å². The Morgan fingerprint density at radius 3 is 2.90 bits per heavy atom. The summed E-state index contributed by atoms with van der Waals surface area (Å²) in [5.41, 5.74) is 2.64. The molecule has 1 fully saturated rings. The van der Waals surface area contributed by atoms with Crippen LogP contribution in [-0.2, 0) is 11.2 Å². The number of nitrogens with one attached hydrogen (secondary N) is 2. The molecule has 0 bridgehead atoms. The van der Waals surface area contributed by atoms with Gasteiger partial charge in [0.15, 0.2) is 5.82 Å². The number of anilines is 1. The molecule has 2 aromatic carbocycles. The molecule has 0 spiro atoms. The van der Waals surface area contributed by atoms with Crippen molar-refractivity contribution in [1.29, 1.82) is 0 Å². The molecule has 1 amide bonds. The summed E-state index contributed by atoms with van der Waals surface area (Å²) in [5.74, 6) is 1.31. The van der Waals surface area contributed by atoms with Crippen molar-refractivity contribution in [2.24, 2.45) is 0 Å². The Hall–Kier alpha value is -3.35. The highest BCUT2D eigenvalue weighted by atomic mass is 19.1. The van der Waals surface area contributed by atoms with Crippen LogP contribution < -0.4 is 15.0 Å². The number of H-pyrrole nitrogens is 1. The maximum Gasteiger partial charge on any atom is 0.224 e. The molecule has 1 atom stereocenters. The molecule has 1 aliphatic heterocycles. The quantitative estimate of drug-likeness (QED) is 0.674. The lowest BCUT2D eigenvalue weighted by Crippen LogP contribution is -2.38. The summed E-state index contributed by atoms with van der Waals surface area (Å²) in [6.07, 6.45) is 1.19. The molecule has 2 N–H and O–H groups in total. The van der Waals surface area contributed by atoms with Crippen LogP contribution in [0, 0.1) is 5.82 Å². The monoisotopic (exact) mass is 394 g/mol. The number of hydrogen-bond donors (Lipinski definition) is 2. The Morgan fingerprint density at radius 1 is 1.28 bits per heavy atom. The molecule has 1 aliphatic rings. The summed E-state index contributed by atoms with van der Waals surface area (Å²) in [4.78, 5) is 14.5. The van der Waals surface area contributed by atoms with Crippen LogP contribution in [0.1, 0.15) is 12.0 Å². The molecular weight excluding hydrogens is 371 g/mol. The number of halogens is 1. The first-order valence-electron chi connectivity index (χ1n) is 9.59. The molecule has 4 rings (SSSR count). The van der Waals surface area contributed by atoms with Crippen LogP contribution in [0.25, 0.3) is 11.3 Å². The summed E-state index contributed by atoms with van der Waals surface area (Å²) in [5, 5.41) is 10.5. The molecule has 3 aromatic rings. The molecule has 29 heavy (non-hydrogen) atoms. The number of benzene rings is 2. The van der Waals surface area contributed by atoms with Gasteiger partial charge in [-0.15, -0.1) is 0 Å². The second-order valence-corrected chi connectivity index (χ2v) is 7.17. The van der Waals surface area contributed by atoms with Gasteiger partial charge in [0.1, 0.15) is 11.6 Å². The largest absolute Gasteiger partial charge is 0.497 e. The van der Waals surface area contributed by atoms with Crippen molar-refractivity contribution in [3.8, 4) is 17.0 Å². The third-order valence-electron chi connectivity index (χ3n) is 5.10. The topological polar surface area (TPSA) is 70.2 Å². The average molecular weight is 394 g/mol. The van der Waals surface area contributed by atoms with E-state index in [-0.39, 0.29) is 17.8 Å². The Labute approximate surface area is 168 Å². The second kappa shape index (κ2) is 8.34. The Balaban J connectivity index is 1.33. The number of ether oxygens (including phenoxy) is 1. The van der Waals surface area contributed by atoms with Gasteiger partial charge < -0.3 is 15.0 Å². The number of carbonyl (C=O) groups excluding carboxylic acids is 1. The van der Waals surface area contributed by atoms with Crippen molar-refractivity contribution in [2.45, 2.75) is 18.9 Å². The minimum Gasteiger partial charge on any atom is -0.497 e. The van der Waals surface area contributed by atoms with Crippen molar-refractivity contribution in [2.75, 3.05) is 25.1 Å². The molecule has 2 heterocycles. The van der Waals surface area contributed by atoms with E-state index in [9.17, 15) is 9.18 Å². The summed E-state index contributed by atoms with van der Waals surface area (Å²) in [7, 11) is 1.61. The van der Waals surface area contributed by atoms with Gasteiger partial charge in [-0.2, -0.15) is 5.10 Å². The normalized spacial score (nSPS) is 16.1. The number of rotatable bonds is 6. The van der Waals surface area contributed by atoms with Crippen molar-refractivity contribution in [1.82, 2.24) is 15.5 Å². The SMILES string of the molecule is COc1cccc(CC(=O)N[C@@H]2CCN(c3cc(-c4ccc(F)cc4)[nH]n3)C2)c1. The van der Waals surface area contributed by atoms with E-state index in [4.69, 9.17) is 4.74 Å². The molecule has 0 radical (unpaired) electrons. The van der Waals surface area contributed by atoms with Crippen LogP contribution in [0.3, 0.4) is 0 Å². The number of carbonyl (C=O) groups is 1. The van der Waals surface area contributed by atoms with Gasteiger partial charge in [0.05, 0.1) is 19.2 Å². The Bertz CT molecular complexity index is 986. The molecule has 6 nitrogen and oxygen atoms in total. The van der Waals surface area contributed by atoms with Crippen LogP contribution in [-0.4, -0.2) is 42.3 Å². The summed E-state index contributed by atoms with van der Waals surface area (Å²) in [6, 6.07) is 15.9. The highest BCUT2D eigenvalue weighted by molar-refractivity contribution is 5.79. The third kappa shape index (κ3) is 4.56. The van der Waals surface area contributed by atoms with Gasteiger partial charge in [0.25, 0.3) is 0 Å². The highest BCUT2D eigenvalue weighted by Crippen LogP contribution is 2.24. The first kappa shape index (κ1) is 19.0. The lowest BCUT2D eigenvalue weighted by molar-refractivity contribution is -0.121. The van der Waals surface area contributed by atoms with E-state index in [1.54, 1.807) is 19.2 Å². The first-order chi connectivity index (χ1) is 14.1. The van der Waals surface area contributed by atoms with Gasteiger partial charge in [-0.25, -0.2) is 4.39 Å². The number of aromatic nitrogens is 2. The number of amides is 1. The van der Waals surface area contributed by atoms with Crippen molar-refractivity contribution >= 4 is 11.7 Å². The molecule has 150 valence electrons. The summed E-state index contributed by atoms with van der Waals surface area (Å²) >= 11 is 0. The number of hydrogen-bond acceptors (Lipinski definition) is 4. The predicted octanol–water partition coefficient (Wildman–Crippen LogP) is 3.16. The van der Waals surface area contributed by atoms with Gasteiger partial charge >= 0.3 is 0 Å². The fourth-order valence-corrected chi connectivity index (χ4v) is 3.58. The fourth-order valence-electron chi connectivity index (χ4n) is 3.58. The predicted molar refractivity (Wildman–Crippen MR) is 109 cm³/mol. The summed E-state index contributed by atoms with van der Waals surface area (Å²) < 4.78 is 18.3. The maximum atomic E-state index is 13.1. The van der Waals surface area contributed by atoms with Crippen molar-refractivity contribution < 1.29 is 13.9 Å². The van der Waals surface area contributed by atoms with E-state index in [1.807, 2.05) is 30.3 Å². The molecule has 0 unspecified atom stereocenters. The zero-order valence-electron chi connectivity index (χ0n) is 16.2. The van der Waals surface area contributed by atoms with Gasteiger partial charge in [-0.3, -0.25) is 9.89 Å². The highest BCUT2D eigenvalue weighted by Gasteiger charge is 2.25. The van der Waals surface area contributed by atoms with Crippen LogP contribution in [0.4, 0.5) is 10.2 Å². The molecular formula is C22H23FN4O2. The van der Waals surface area contributed by atoms with Crippen LogP contribution >= 0.6 is 0 Å².